The summed E-state index contributed by atoms with van der Waals surface area (Å²) in [6.45, 7) is 7.16. The summed E-state index contributed by atoms with van der Waals surface area (Å²) in [5.74, 6) is 0.356. The second-order valence-electron chi connectivity index (χ2n) is 9.27. The van der Waals surface area contributed by atoms with Crippen molar-refractivity contribution in [3.8, 4) is 0 Å². The van der Waals surface area contributed by atoms with Crippen LogP contribution in [0.1, 0.15) is 64.0 Å². The van der Waals surface area contributed by atoms with Gasteiger partial charge >= 0.3 is 0 Å². The first-order chi connectivity index (χ1) is 15.1. The highest BCUT2D eigenvalue weighted by Gasteiger charge is 2.18. The van der Waals surface area contributed by atoms with Gasteiger partial charge in [0, 0.05) is 25.1 Å². The molecule has 3 rings (SSSR count). The Morgan fingerprint density at radius 3 is 2.50 bits per heavy atom. The number of carbonyl (C=O) groups excluding carboxylic acids is 1. The van der Waals surface area contributed by atoms with E-state index in [0.29, 0.717) is 37.3 Å². The van der Waals surface area contributed by atoms with Gasteiger partial charge < -0.3 is 5.32 Å². The van der Waals surface area contributed by atoms with Crippen molar-refractivity contribution in [1.29, 1.82) is 0 Å². The smallest absolute Gasteiger partial charge is 0.262 e. The van der Waals surface area contributed by atoms with Gasteiger partial charge in [0.05, 0.1) is 4.90 Å². The van der Waals surface area contributed by atoms with E-state index < -0.39 is 10.0 Å². The minimum Gasteiger partial charge on any atom is -0.326 e. The zero-order valence-corrected chi connectivity index (χ0v) is 20.0. The number of aryl methyl sites for hydroxylation is 1. The Bertz CT molecular complexity index is 1070. The highest BCUT2D eigenvalue weighted by molar-refractivity contribution is 7.90. The lowest BCUT2D eigenvalue weighted by Crippen LogP contribution is -2.30. The molecule has 0 fully saturated rings. The van der Waals surface area contributed by atoms with E-state index in [9.17, 15) is 13.2 Å². The fourth-order valence-electron chi connectivity index (χ4n) is 3.57. The van der Waals surface area contributed by atoms with Crippen LogP contribution in [0.3, 0.4) is 0 Å². The Hall–Kier alpha value is -2.67. The number of aliphatic imine (C=N–C) groups is 1. The van der Waals surface area contributed by atoms with Crippen molar-refractivity contribution in [2.24, 2.45) is 4.99 Å². The van der Waals surface area contributed by atoms with E-state index in [1.807, 2.05) is 0 Å². The van der Waals surface area contributed by atoms with Crippen LogP contribution >= 0.6 is 0 Å². The van der Waals surface area contributed by atoms with E-state index in [2.05, 4.69) is 60.1 Å². The van der Waals surface area contributed by atoms with Crippen LogP contribution in [0.5, 0.6) is 0 Å². The molecule has 0 aromatic heterocycles. The van der Waals surface area contributed by atoms with Gasteiger partial charge in [-0.1, -0.05) is 57.5 Å². The van der Waals surface area contributed by atoms with Gasteiger partial charge in [-0.15, -0.1) is 0 Å². The predicted octanol–water partition coefficient (Wildman–Crippen LogP) is 4.81. The number of rotatable bonds is 6. The Morgan fingerprint density at radius 2 is 1.78 bits per heavy atom. The Morgan fingerprint density at radius 1 is 1.03 bits per heavy atom. The number of hydrogen-bond donors (Lipinski definition) is 2. The number of anilines is 1. The first-order valence-electron chi connectivity index (χ1n) is 11.2. The number of nitrogens with one attached hydrogen (secondary N) is 2. The molecule has 7 heteroatoms. The standard InChI is InChI=1S/C25H33N3O3S/c1-25(2,3)20-14-11-19(12-15-20)13-16-24(29)27-21-8-7-9-22(18-21)32(30,31)28-23-10-5-4-6-17-26-23/h7-9,11-12,14-15,18H,4-6,10,13,16-17H2,1-3H3,(H,26,28)(H,27,29). The van der Waals surface area contributed by atoms with Crippen molar-refractivity contribution in [3.05, 3.63) is 59.7 Å². The number of amidine groups is 1. The molecule has 0 radical (unpaired) electrons. The summed E-state index contributed by atoms with van der Waals surface area (Å²) in [5.41, 5.74) is 2.91. The minimum absolute atomic E-state index is 0.0962. The maximum Gasteiger partial charge on any atom is 0.262 e. The third-order valence-electron chi connectivity index (χ3n) is 5.52. The van der Waals surface area contributed by atoms with Crippen LogP contribution in [-0.4, -0.2) is 26.7 Å². The molecular formula is C25H33N3O3S. The summed E-state index contributed by atoms with van der Waals surface area (Å²) < 4.78 is 28.1. The molecular weight excluding hydrogens is 422 g/mol. The lowest BCUT2D eigenvalue weighted by atomic mass is 9.86. The molecule has 0 saturated carbocycles. The topological polar surface area (TPSA) is 87.6 Å². The van der Waals surface area contributed by atoms with Crippen molar-refractivity contribution in [2.45, 2.75) is 69.6 Å². The number of amides is 1. The maximum atomic E-state index is 12.8. The number of nitrogens with zero attached hydrogens (tertiary/aromatic N) is 1. The van der Waals surface area contributed by atoms with Crippen LogP contribution < -0.4 is 10.0 Å². The molecule has 1 amide bonds. The Kier molecular flexibility index (Phi) is 7.72. The van der Waals surface area contributed by atoms with Crippen molar-refractivity contribution in [1.82, 2.24) is 4.72 Å². The van der Waals surface area contributed by atoms with Gasteiger partial charge in [0.25, 0.3) is 10.0 Å². The average molecular weight is 456 g/mol. The molecule has 1 heterocycles. The number of carbonyl (C=O) groups is 1. The molecule has 2 aromatic rings. The van der Waals surface area contributed by atoms with Crippen LogP contribution in [0, 0.1) is 0 Å². The van der Waals surface area contributed by atoms with E-state index in [1.165, 1.54) is 17.7 Å². The summed E-state index contributed by atoms with van der Waals surface area (Å²) in [6.07, 6.45) is 4.53. The average Bonchev–Trinajstić information content (AvgIpc) is 3.00. The highest BCUT2D eigenvalue weighted by atomic mass is 32.2. The third kappa shape index (κ3) is 6.92. The summed E-state index contributed by atoms with van der Waals surface area (Å²) in [5, 5.41) is 2.81. The molecule has 172 valence electrons. The largest absolute Gasteiger partial charge is 0.326 e. The summed E-state index contributed by atoms with van der Waals surface area (Å²) in [6, 6.07) is 14.6. The molecule has 6 nitrogen and oxygen atoms in total. The van der Waals surface area contributed by atoms with Crippen LogP contribution in [0.4, 0.5) is 5.69 Å². The van der Waals surface area contributed by atoms with Gasteiger partial charge in [-0.05, 0) is 54.0 Å². The summed E-state index contributed by atoms with van der Waals surface area (Å²) >= 11 is 0. The second kappa shape index (κ2) is 10.3. The van der Waals surface area contributed by atoms with Gasteiger partial charge in [0.1, 0.15) is 5.84 Å². The molecule has 2 aromatic carbocycles. The molecule has 1 aliphatic rings. The number of sulfonamides is 1. The molecule has 0 bridgehead atoms. The molecule has 0 aliphatic carbocycles. The van der Waals surface area contributed by atoms with E-state index in [-0.39, 0.29) is 16.2 Å². The highest BCUT2D eigenvalue weighted by Crippen LogP contribution is 2.22. The van der Waals surface area contributed by atoms with Gasteiger partial charge in [-0.25, -0.2) is 8.42 Å². The molecule has 0 unspecified atom stereocenters. The summed E-state index contributed by atoms with van der Waals surface area (Å²) in [4.78, 5) is 16.9. The van der Waals surface area contributed by atoms with Gasteiger partial charge in [0.15, 0.2) is 0 Å². The fourth-order valence-corrected chi connectivity index (χ4v) is 4.70. The van der Waals surface area contributed by atoms with Crippen LogP contribution in [0.25, 0.3) is 0 Å². The normalized spacial score (nSPS) is 14.9. The van der Waals surface area contributed by atoms with E-state index in [4.69, 9.17) is 0 Å². The quantitative estimate of drug-likeness (QED) is 0.655. The molecule has 0 saturated heterocycles. The molecule has 1 aliphatic heterocycles. The monoisotopic (exact) mass is 455 g/mol. The zero-order chi connectivity index (χ0) is 23.2. The molecule has 0 spiro atoms. The van der Waals surface area contributed by atoms with Crippen molar-refractivity contribution in [3.63, 3.8) is 0 Å². The maximum absolute atomic E-state index is 12.8. The number of hydrogen-bond acceptors (Lipinski definition) is 4. The van der Waals surface area contributed by atoms with E-state index >= 15 is 0 Å². The molecule has 32 heavy (non-hydrogen) atoms. The van der Waals surface area contributed by atoms with Gasteiger partial charge in [-0.3, -0.25) is 14.5 Å². The Labute approximate surface area is 191 Å². The third-order valence-corrected chi connectivity index (χ3v) is 6.89. The first-order valence-corrected chi connectivity index (χ1v) is 12.7. The van der Waals surface area contributed by atoms with Gasteiger partial charge in [0.2, 0.25) is 5.91 Å². The fraction of sp³-hybridized carbons (Fsp3) is 0.440. The second-order valence-corrected chi connectivity index (χ2v) is 10.9. The lowest BCUT2D eigenvalue weighted by Gasteiger charge is -2.19. The van der Waals surface area contributed by atoms with Crippen LogP contribution in [-0.2, 0) is 26.7 Å². The first kappa shape index (κ1) is 24.0. The van der Waals surface area contributed by atoms with E-state index in [0.717, 1.165) is 24.8 Å². The Balaban J connectivity index is 1.59. The SMILES string of the molecule is CC(C)(C)c1ccc(CCC(=O)Nc2cccc(S(=O)(=O)NC3=NCCCCC3)c2)cc1. The van der Waals surface area contributed by atoms with Crippen molar-refractivity contribution in [2.75, 3.05) is 11.9 Å². The lowest BCUT2D eigenvalue weighted by molar-refractivity contribution is -0.116. The van der Waals surface area contributed by atoms with Crippen molar-refractivity contribution >= 4 is 27.5 Å². The molecule has 2 N–H and O–H groups in total. The predicted molar refractivity (Wildman–Crippen MR) is 130 cm³/mol. The van der Waals surface area contributed by atoms with Gasteiger partial charge in [-0.2, -0.15) is 0 Å². The summed E-state index contributed by atoms with van der Waals surface area (Å²) in [7, 11) is -3.74. The van der Waals surface area contributed by atoms with Crippen molar-refractivity contribution < 1.29 is 13.2 Å². The number of benzene rings is 2. The zero-order valence-electron chi connectivity index (χ0n) is 19.1. The molecule has 0 atom stereocenters. The van der Waals surface area contributed by atoms with Crippen LogP contribution in [0.2, 0.25) is 0 Å². The van der Waals surface area contributed by atoms with Crippen LogP contribution in [0.15, 0.2) is 58.4 Å². The van der Waals surface area contributed by atoms with E-state index in [1.54, 1.807) is 12.1 Å². The minimum atomic E-state index is -3.74.